The van der Waals surface area contributed by atoms with E-state index in [0.29, 0.717) is 5.56 Å². The maximum atomic E-state index is 14.6. The first kappa shape index (κ1) is 27.1. The van der Waals surface area contributed by atoms with E-state index in [1.165, 1.54) is 25.1 Å². The number of hydrogen-bond acceptors (Lipinski definition) is 6. The van der Waals surface area contributed by atoms with Crippen LogP contribution in [0.2, 0.25) is 10.0 Å². The molecule has 0 spiro atoms. The molecular formula is C22H15Cl2F4N2O6-. The van der Waals surface area contributed by atoms with Gasteiger partial charge in [0.1, 0.15) is 35.7 Å². The van der Waals surface area contributed by atoms with Crippen LogP contribution in [0.1, 0.15) is 18.2 Å². The van der Waals surface area contributed by atoms with Crippen LogP contribution in [0.4, 0.5) is 17.6 Å². The normalized spacial score (nSPS) is 12.3. The highest BCUT2D eigenvalue weighted by Crippen LogP contribution is 2.32. The molecule has 0 saturated carbocycles. The van der Waals surface area contributed by atoms with Gasteiger partial charge in [0, 0.05) is 19.2 Å². The van der Waals surface area contributed by atoms with Gasteiger partial charge in [-0.25, -0.2) is 13.8 Å². The lowest BCUT2D eigenvalue weighted by atomic mass is 10.2. The molecule has 0 aliphatic heterocycles. The van der Waals surface area contributed by atoms with Crippen molar-refractivity contribution in [2.24, 2.45) is 7.05 Å². The van der Waals surface area contributed by atoms with Gasteiger partial charge in [-0.1, -0.05) is 29.3 Å². The third-order valence-electron chi connectivity index (χ3n) is 4.88. The second-order valence-corrected chi connectivity index (χ2v) is 8.22. The maximum absolute atomic E-state index is 14.6. The molecule has 3 aromatic rings. The van der Waals surface area contributed by atoms with Crippen LogP contribution in [0.15, 0.2) is 46.0 Å². The SMILES string of the molecule is CC(Oc1ccc(COc2cc(-n3c(=O)cc(C(F)(F)F)n(C)c3=O)c(F)cc2Cl)cc1Cl)C(=O)[O-]. The zero-order valence-corrected chi connectivity index (χ0v) is 19.9. The number of rotatable bonds is 7. The number of hydrogen-bond donors (Lipinski definition) is 0. The van der Waals surface area contributed by atoms with Crippen LogP contribution in [0.3, 0.4) is 0 Å². The first-order chi connectivity index (χ1) is 16.7. The molecule has 8 nitrogen and oxygen atoms in total. The fourth-order valence-corrected chi connectivity index (χ4v) is 3.50. The quantitative estimate of drug-likeness (QED) is 0.419. The average molecular weight is 550 g/mol. The standard InChI is InChI=1S/C22H16Cl2F4N2O6/c1-10(20(32)33)36-16-4-3-11(5-12(16)23)9-35-17-7-15(14(25)6-13(17)24)30-19(31)8-18(22(26,27)28)29(2)21(30)34/h3-8,10H,9H2,1-2H3,(H,32,33)/p-1. The van der Waals surface area contributed by atoms with E-state index in [2.05, 4.69) is 0 Å². The number of aromatic nitrogens is 2. The molecule has 0 aliphatic carbocycles. The lowest BCUT2D eigenvalue weighted by Gasteiger charge is -2.17. The third kappa shape index (κ3) is 5.65. The van der Waals surface area contributed by atoms with E-state index in [-0.39, 0.29) is 43.4 Å². The van der Waals surface area contributed by atoms with Crippen LogP contribution < -0.4 is 25.8 Å². The largest absolute Gasteiger partial charge is 0.546 e. The zero-order chi connectivity index (χ0) is 26.9. The van der Waals surface area contributed by atoms with Crippen molar-refractivity contribution in [3.63, 3.8) is 0 Å². The highest BCUT2D eigenvalue weighted by molar-refractivity contribution is 6.32. The summed E-state index contributed by atoms with van der Waals surface area (Å²) < 4.78 is 64.9. The molecule has 192 valence electrons. The van der Waals surface area contributed by atoms with Gasteiger partial charge in [0.15, 0.2) is 0 Å². The fourth-order valence-electron chi connectivity index (χ4n) is 3.05. The fraction of sp³-hybridized carbons (Fsp3) is 0.227. The van der Waals surface area contributed by atoms with Crippen molar-refractivity contribution >= 4 is 29.2 Å². The summed E-state index contributed by atoms with van der Waals surface area (Å²) in [5, 5.41) is 10.6. The topological polar surface area (TPSA) is 103 Å². The molecule has 1 aromatic heterocycles. The van der Waals surface area contributed by atoms with Crippen molar-refractivity contribution < 1.29 is 36.9 Å². The Balaban J connectivity index is 1.93. The molecule has 0 saturated heterocycles. The van der Waals surface area contributed by atoms with Crippen molar-refractivity contribution in [2.75, 3.05) is 0 Å². The van der Waals surface area contributed by atoms with Gasteiger partial charge in [-0.05, 0) is 30.7 Å². The molecule has 1 atom stereocenters. The number of carbonyl (C=O) groups excluding carboxylic acids is 1. The molecule has 36 heavy (non-hydrogen) atoms. The Morgan fingerprint density at radius 1 is 1.08 bits per heavy atom. The molecule has 0 bridgehead atoms. The lowest BCUT2D eigenvalue weighted by Crippen LogP contribution is -2.41. The van der Waals surface area contributed by atoms with E-state index in [0.717, 1.165) is 19.2 Å². The van der Waals surface area contributed by atoms with Gasteiger partial charge in [-0.3, -0.25) is 9.36 Å². The van der Waals surface area contributed by atoms with Crippen LogP contribution in [0.25, 0.3) is 5.69 Å². The number of alkyl halides is 3. The van der Waals surface area contributed by atoms with Crippen molar-refractivity contribution in [3.05, 3.63) is 84.4 Å². The second-order valence-electron chi connectivity index (χ2n) is 7.41. The van der Waals surface area contributed by atoms with E-state index in [4.69, 9.17) is 32.7 Å². The molecule has 3 rings (SSSR count). The number of nitrogens with zero attached hydrogens (tertiary/aromatic N) is 2. The van der Waals surface area contributed by atoms with Crippen LogP contribution in [-0.2, 0) is 24.6 Å². The summed E-state index contributed by atoms with van der Waals surface area (Å²) in [7, 11) is 0.789. The summed E-state index contributed by atoms with van der Waals surface area (Å²) >= 11 is 12.1. The van der Waals surface area contributed by atoms with E-state index in [1.807, 2.05) is 0 Å². The van der Waals surface area contributed by atoms with Crippen molar-refractivity contribution in [1.29, 1.82) is 0 Å². The van der Waals surface area contributed by atoms with Crippen LogP contribution in [0, 0.1) is 5.82 Å². The predicted molar refractivity (Wildman–Crippen MR) is 118 cm³/mol. The number of benzene rings is 2. The van der Waals surface area contributed by atoms with E-state index in [1.54, 1.807) is 0 Å². The smallest absolute Gasteiger partial charge is 0.431 e. The van der Waals surface area contributed by atoms with E-state index in [9.17, 15) is 37.1 Å². The van der Waals surface area contributed by atoms with Gasteiger partial charge in [0.05, 0.1) is 21.7 Å². The second kappa shape index (κ2) is 10.2. The van der Waals surface area contributed by atoms with Crippen molar-refractivity contribution in [1.82, 2.24) is 9.13 Å². The molecule has 0 N–H and O–H groups in total. The average Bonchev–Trinajstić information content (AvgIpc) is 2.77. The minimum Gasteiger partial charge on any atom is -0.546 e. The molecule has 0 fully saturated rings. The molecule has 0 amide bonds. The first-order valence-electron chi connectivity index (χ1n) is 9.89. The molecule has 1 heterocycles. The Hall–Kier alpha value is -3.51. The maximum Gasteiger partial charge on any atom is 0.431 e. The molecule has 0 radical (unpaired) electrons. The van der Waals surface area contributed by atoms with Gasteiger partial charge >= 0.3 is 11.9 Å². The highest BCUT2D eigenvalue weighted by atomic mass is 35.5. The molecule has 2 aromatic carbocycles. The van der Waals surface area contributed by atoms with Crippen LogP contribution >= 0.6 is 23.2 Å². The number of carboxylic acid groups (broad SMARTS) is 1. The van der Waals surface area contributed by atoms with E-state index >= 15 is 0 Å². The summed E-state index contributed by atoms with van der Waals surface area (Å²) in [5.74, 6) is -2.72. The third-order valence-corrected chi connectivity index (χ3v) is 5.47. The van der Waals surface area contributed by atoms with Crippen LogP contribution in [-0.4, -0.2) is 21.2 Å². The highest BCUT2D eigenvalue weighted by Gasteiger charge is 2.35. The summed E-state index contributed by atoms with van der Waals surface area (Å²) in [6.07, 6.45) is -6.24. The number of carbonyl (C=O) groups is 1. The van der Waals surface area contributed by atoms with Gasteiger partial charge in [0.2, 0.25) is 0 Å². The van der Waals surface area contributed by atoms with Gasteiger partial charge in [-0.2, -0.15) is 13.2 Å². The number of aliphatic carboxylic acids is 1. The minimum absolute atomic E-state index is 0.0508. The zero-order valence-electron chi connectivity index (χ0n) is 18.4. The van der Waals surface area contributed by atoms with E-state index < -0.39 is 46.7 Å². The Bertz CT molecular complexity index is 1450. The Labute approximate surface area is 209 Å². The monoisotopic (exact) mass is 549 g/mol. The molecule has 1 unspecified atom stereocenters. The lowest BCUT2D eigenvalue weighted by molar-refractivity contribution is -0.312. The van der Waals surface area contributed by atoms with Gasteiger partial charge in [-0.15, -0.1) is 0 Å². The number of halogens is 6. The predicted octanol–water partition coefficient (Wildman–Crippen LogP) is 3.10. The molecule has 14 heteroatoms. The van der Waals surface area contributed by atoms with Crippen LogP contribution in [0.5, 0.6) is 11.5 Å². The van der Waals surface area contributed by atoms with Crippen molar-refractivity contribution in [2.45, 2.75) is 25.8 Å². The summed E-state index contributed by atoms with van der Waals surface area (Å²) in [6.45, 7) is 1.05. The Kier molecular flexibility index (Phi) is 7.70. The number of carboxylic acids is 1. The number of ether oxygens (including phenoxy) is 2. The molecule has 0 aliphatic rings. The van der Waals surface area contributed by atoms with Gasteiger partial charge < -0.3 is 19.4 Å². The van der Waals surface area contributed by atoms with Gasteiger partial charge in [0.25, 0.3) is 5.56 Å². The summed E-state index contributed by atoms with van der Waals surface area (Å²) in [4.78, 5) is 35.6. The Morgan fingerprint density at radius 3 is 2.31 bits per heavy atom. The summed E-state index contributed by atoms with van der Waals surface area (Å²) in [5.41, 5.74) is -4.58. The van der Waals surface area contributed by atoms with Crippen molar-refractivity contribution in [3.8, 4) is 17.2 Å². The minimum atomic E-state index is -4.98. The first-order valence-corrected chi connectivity index (χ1v) is 10.6. The molecular weight excluding hydrogens is 535 g/mol. The summed E-state index contributed by atoms with van der Waals surface area (Å²) in [6, 6.07) is 6.06. The Morgan fingerprint density at radius 2 is 1.72 bits per heavy atom.